The van der Waals surface area contributed by atoms with Crippen LogP contribution in [-0.2, 0) is 14.3 Å². The van der Waals surface area contributed by atoms with Crippen LogP contribution < -0.4 is 0 Å². The predicted molar refractivity (Wildman–Crippen MR) is 85.7 cm³/mol. The van der Waals surface area contributed by atoms with E-state index in [0.717, 1.165) is 22.4 Å². The molecule has 0 amide bonds. The molecule has 0 N–H and O–H groups in total. The molecule has 0 aromatic heterocycles. The van der Waals surface area contributed by atoms with Crippen LogP contribution in [0.15, 0.2) is 72.3 Å². The van der Waals surface area contributed by atoms with Gasteiger partial charge in [0.1, 0.15) is 4.90 Å². The van der Waals surface area contributed by atoms with Crippen molar-refractivity contribution in [2.24, 2.45) is 0 Å². The molecule has 3 aromatic carbocycles. The largest absolute Gasteiger partial charge is 0.388 e. The normalized spacial score (nSPS) is 11.0. The fourth-order valence-electron chi connectivity index (χ4n) is 2.37. The Morgan fingerprint density at radius 1 is 0.857 bits per heavy atom. The summed E-state index contributed by atoms with van der Waals surface area (Å²) in [5, 5.41) is 3.62. The van der Waals surface area contributed by atoms with Gasteiger partial charge in [-0.2, -0.15) is 8.42 Å². The molecule has 21 heavy (non-hydrogen) atoms. The van der Waals surface area contributed by atoms with Gasteiger partial charge >= 0.3 is 10.1 Å². The Morgan fingerprint density at radius 2 is 1.57 bits per heavy atom. The van der Waals surface area contributed by atoms with E-state index >= 15 is 0 Å². The SMILES string of the molecule is C=COS(=O)(=O)c1cccc2c1ccc1ccccc12.[Rb]. The van der Waals surface area contributed by atoms with E-state index in [1.54, 1.807) is 12.1 Å². The summed E-state index contributed by atoms with van der Waals surface area (Å²) in [5.74, 6) is 0. The summed E-state index contributed by atoms with van der Waals surface area (Å²) in [5.41, 5.74) is 0. The second-order valence-electron chi connectivity index (χ2n) is 4.35. The van der Waals surface area contributed by atoms with E-state index in [1.165, 1.54) is 6.07 Å². The van der Waals surface area contributed by atoms with Crippen LogP contribution in [0.1, 0.15) is 0 Å². The molecule has 0 unspecified atom stereocenters. The van der Waals surface area contributed by atoms with Crippen LogP contribution in [0.25, 0.3) is 21.5 Å². The van der Waals surface area contributed by atoms with Crippen LogP contribution in [-0.4, -0.2) is 66.6 Å². The Bertz CT molecular complexity index is 917. The second kappa shape index (κ2) is 6.71. The molecule has 0 aliphatic heterocycles. The first-order valence-corrected chi connectivity index (χ1v) is 7.49. The minimum absolute atomic E-state index is 0. The van der Waals surface area contributed by atoms with Crippen LogP contribution >= 0.6 is 0 Å². The van der Waals surface area contributed by atoms with Gasteiger partial charge in [-0.1, -0.05) is 55.1 Å². The van der Waals surface area contributed by atoms with Gasteiger partial charge in [0.2, 0.25) is 0 Å². The van der Waals surface area contributed by atoms with Gasteiger partial charge in [0.25, 0.3) is 0 Å². The molecule has 0 spiro atoms. The molecule has 3 aromatic rings. The third-order valence-corrected chi connectivity index (χ3v) is 4.49. The molecule has 0 bridgehead atoms. The van der Waals surface area contributed by atoms with Crippen LogP contribution in [0.3, 0.4) is 0 Å². The Kier molecular flexibility index (Phi) is 5.38. The van der Waals surface area contributed by atoms with Crippen molar-refractivity contribution in [1.29, 1.82) is 0 Å². The van der Waals surface area contributed by atoms with E-state index in [9.17, 15) is 8.42 Å². The van der Waals surface area contributed by atoms with Gasteiger partial charge < -0.3 is 4.18 Å². The van der Waals surface area contributed by atoms with E-state index in [4.69, 9.17) is 0 Å². The summed E-state index contributed by atoms with van der Waals surface area (Å²) in [4.78, 5) is 0.153. The van der Waals surface area contributed by atoms with Gasteiger partial charge in [-0.15, -0.1) is 0 Å². The monoisotopic (exact) mass is 369 g/mol. The molecule has 101 valence electrons. The average molecular weight is 370 g/mol. The standard InChI is InChI=1S/C16H12O3S.Rb/c1-2-19-20(17,18)16-9-5-8-14-13-7-4-3-6-12(13)10-11-15(14)16;/h2-11H,1H2;. The molecule has 1 radical (unpaired) electrons. The molecular formula is C16H12O3RbS. The van der Waals surface area contributed by atoms with Gasteiger partial charge in [0, 0.05) is 63.6 Å². The smallest absolute Gasteiger partial charge is 0.339 e. The zero-order chi connectivity index (χ0) is 14.2. The molecule has 5 heteroatoms. The minimum Gasteiger partial charge on any atom is -0.388 e. The fourth-order valence-corrected chi connectivity index (χ4v) is 3.35. The summed E-state index contributed by atoms with van der Waals surface area (Å²) >= 11 is 0. The summed E-state index contributed by atoms with van der Waals surface area (Å²) < 4.78 is 28.8. The van der Waals surface area contributed by atoms with Crippen LogP contribution in [0.2, 0.25) is 0 Å². The van der Waals surface area contributed by atoms with Crippen molar-refractivity contribution >= 4 is 89.9 Å². The van der Waals surface area contributed by atoms with E-state index in [0.29, 0.717) is 5.39 Å². The number of fused-ring (bicyclic) bond motifs is 3. The molecule has 3 nitrogen and oxygen atoms in total. The van der Waals surface area contributed by atoms with Gasteiger partial charge in [0.15, 0.2) is 0 Å². The van der Waals surface area contributed by atoms with Crippen molar-refractivity contribution < 1.29 is 12.6 Å². The van der Waals surface area contributed by atoms with Crippen molar-refractivity contribution in [3.63, 3.8) is 0 Å². The third kappa shape index (κ3) is 3.15. The van der Waals surface area contributed by atoms with Crippen LogP contribution in [0.4, 0.5) is 0 Å². The van der Waals surface area contributed by atoms with Crippen molar-refractivity contribution in [1.82, 2.24) is 0 Å². The van der Waals surface area contributed by atoms with E-state index in [2.05, 4.69) is 10.8 Å². The minimum atomic E-state index is -3.82. The Hall–Kier alpha value is -0.525. The van der Waals surface area contributed by atoms with Crippen LogP contribution in [0.5, 0.6) is 0 Å². The van der Waals surface area contributed by atoms with Gasteiger partial charge in [-0.25, -0.2) is 0 Å². The van der Waals surface area contributed by atoms with Crippen molar-refractivity contribution in [2.45, 2.75) is 4.90 Å². The molecular weight excluding hydrogens is 358 g/mol. The molecule has 0 atom stereocenters. The first kappa shape index (κ1) is 16.8. The van der Waals surface area contributed by atoms with Crippen molar-refractivity contribution in [3.8, 4) is 0 Å². The average Bonchev–Trinajstić information content (AvgIpc) is 2.46. The predicted octanol–water partition coefficient (Wildman–Crippen LogP) is 3.46. The van der Waals surface area contributed by atoms with Gasteiger partial charge in [0.05, 0.1) is 6.26 Å². The summed E-state index contributed by atoms with van der Waals surface area (Å²) in [6.45, 7) is 3.30. The molecule has 0 saturated carbocycles. The maximum Gasteiger partial charge on any atom is 0.339 e. The Morgan fingerprint density at radius 3 is 2.33 bits per heavy atom. The third-order valence-electron chi connectivity index (χ3n) is 3.21. The van der Waals surface area contributed by atoms with E-state index < -0.39 is 10.1 Å². The van der Waals surface area contributed by atoms with Crippen LogP contribution in [0, 0.1) is 0 Å². The van der Waals surface area contributed by atoms with Crippen molar-refractivity contribution in [3.05, 3.63) is 67.4 Å². The summed E-state index contributed by atoms with van der Waals surface area (Å²) in [6.07, 6.45) is 0.926. The maximum atomic E-state index is 12.1. The number of hydrogen-bond donors (Lipinski definition) is 0. The molecule has 0 heterocycles. The molecule has 0 fully saturated rings. The quantitative estimate of drug-likeness (QED) is 0.403. The zero-order valence-electron chi connectivity index (χ0n) is 11.6. The van der Waals surface area contributed by atoms with Crippen molar-refractivity contribution in [2.75, 3.05) is 0 Å². The van der Waals surface area contributed by atoms with Gasteiger partial charge in [-0.05, 0) is 22.2 Å². The molecule has 3 rings (SSSR count). The number of rotatable bonds is 3. The Balaban J connectivity index is 0.00000161. The zero-order valence-corrected chi connectivity index (χ0v) is 17.3. The fraction of sp³-hybridized carbons (Fsp3) is 0. The van der Waals surface area contributed by atoms with E-state index in [1.807, 2.05) is 36.4 Å². The number of hydrogen-bond acceptors (Lipinski definition) is 3. The molecule has 0 saturated heterocycles. The first-order chi connectivity index (χ1) is 9.63. The molecule has 0 aliphatic carbocycles. The summed E-state index contributed by atoms with van der Waals surface area (Å²) in [6, 6.07) is 16.7. The van der Waals surface area contributed by atoms with E-state index in [-0.39, 0.29) is 63.1 Å². The van der Waals surface area contributed by atoms with Gasteiger partial charge in [-0.3, -0.25) is 0 Å². The second-order valence-corrected chi connectivity index (χ2v) is 5.90. The number of benzene rings is 3. The first-order valence-electron chi connectivity index (χ1n) is 6.08. The topological polar surface area (TPSA) is 43.4 Å². The Labute approximate surface area is 172 Å². The molecule has 0 aliphatic rings. The maximum absolute atomic E-state index is 12.1. The summed E-state index contributed by atoms with van der Waals surface area (Å²) in [7, 11) is -3.82.